The predicted molar refractivity (Wildman–Crippen MR) is 91.2 cm³/mol. The van der Waals surface area contributed by atoms with Crippen LogP contribution in [0.5, 0.6) is 0 Å². The molecule has 0 radical (unpaired) electrons. The van der Waals surface area contributed by atoms with Crippen LogP contribution in [0.2, 0.25) is 0 Å². The number of halogens is 1. The van der Waals surface area contributed by atoms with Gasteiger partial charge in [-0.1, -0.05) is 56.8 Å². The van der Waals surface area contributed by atoms with Gasteiger partial charge in [0.15, 0.2) is 11.0 Å². The third-order valence-corrected chi connectivity index (χ3v) is 4.73. The van der Waals surface area contributed by atoms with Crippen molar-refractivity contribution in [2.24, 2.45) is 7.05 Å². The first-order valence-electron chi connectivity index (χ1n) is 7.12. The molecule has 0 aliphatic heterocycles. The number of alkyl halides is 1. The van der Waals surface area contributed by atoms with E-state index in [2.05, 4.69) is 55.2 Å². The third kappa shape index (κ3) is 4.01. The van der Waals surface area contributed by atoms with Gasteiger partial charge in [0.05, 0.1) is 0 Å². The van der Waals surface area contributed by atoms with E-state index >= 15 is 0 Å². The van der Waals surface area contributed by atoms with E-state index in [4.69, 9.17) is 11.6 Å². The highest BCUT2D eigenvalue weighted by Crippen LogP contribution is 2.27. The minimum absolute atomic E-state index is 0.168. The standard InChI is InChI=1S/C16H22ClN3S/c1-16(2,3)13-8-6-12(7-9-13)14-18-19-15(20(14)4)21-11-5-10-17/h6-9H,5,10-11H2,1-4H3. The van der Waals surface area contributed by atoms with Crippen molar-refractivity contribution in [1.82, 2.24) is 14.8 Å². The average Bonchev–Trinajstić information content (AvgIpc) is 2.80. The molecule has 5 heteroatoms. The second kappa shape index (κ2) is 6.84. The molecule has 0 saturated heterocycles. The normalized spacial score (nSPS) is 11.9. The average molecular weight is 324 g/mol. The minimum atomic E-state index is 0.168. The van der Waals surface area contributed by atoms with Crippen molar-refractivity contribution in [3.8, 4) is 11.4 Å². The summed E-state index contributed by atoms with van der Waals surface area (Å²) in [5.41, 5.74) is 2.59. The molecule has 0 N–H and O–H groups in total. The van der Waals surface area contributed by atoms with Gasteiger partial charge in [-0.25, -0.2) is 0 Å². The topological polar surface area (TPSA) is 30.7 Å². The van der Waals surface area contributed by atoms with E-state index in [1.54, 1.807) is 11.8 Å². The van der Waals surface area contributed by atoms with Crippen LogP contribution in [0.15, 0.2) is 29.4 Å². The summed E-state index contributed by atoms with van der Waals surface area (Å²) >= 11 is 7.40. The van der Waals surface area contributed by atoms with Crippen molar-refractivity contribution >= 4 is 23.4 Å². The second-order valence-corrected chi connectivity index (χ2v) is 7.52. The van der Waals surface area contributed by atoms with Crippen LogP contribution in [-0.2, 0) is 12.5 Å². The van der Waals surface area contributed by atoms with Crippen molar-refractivity contribution in [3.05, 3.63) is 29.8 Å². The molecule has 2 rings (SSSR count). The SMILES string of the molecule is Cn1c(SCCCCl)nnc1-c1ccc(C(C)(C)C)cc1. The molecule has 1 heterocycles. The summed E-state index contributed by atoms with van der Waals surface area (Å²) in [5, 5.41) is 9.52. The van der Waals surface area contributed by atoms with Gasteiger partial charge < -0.3 is 4.57 Å². The Hall–Kier alpha value is -1.00. The lowest BCUT2D eigenvalue weighted by Gasteiger charge is -2.19. The monoisotopic (exact) mass is 323 g/mol. The zero-order chi connectivity index (χ0) is 15.5. The number of benzene rings is 1. The van der Waals surface area contributed by atoms with E-state index in [0.29, 0.717) is 5.88 Å². The van der Waals surface area contributed by atoms with Gasteiger partial charge in [0, 0.05) is 24.2 Å². The van der Waals surface area contributed by atoms with Crippen LogP contribution >= 0.6 is 23.4 Å². The molecule has 0 saturated carbocycles. The molecular weight excluding hydrogens is 302 g/mol. The van der Waals surface area contributed by atoms with Gasteiger partial charge in [-0.05, 0) is 17.4 Å². The Morgan fingerprint density at radius 1 is 1.14 bits per heavy atom. The Balaban J connectivity index is 2.19. The van der Waals surface area contributed by atoms with E-state index < -0.39 is 0 Å². The van der Waals surface area contributed by atoms with Crippen LogP contribution in [0.4, 0.5) is 0 Å². The summed E-state index contributed by atoms with van der Waals surface area (Å²) in [4.78, 5) is 0. The predicted octanol–water partition coefficient (Wildman–Crippen LogP) is 4.50. The van der Waals surface area contributed by atoms with Crippen LogP contribution in [0.1, 0.15) is 32.8 Å². The molecule has 114 valence electrons. The van der Waals surface area contributed by atoms with Crippen molar-refractivity contribution in [3.63, 3.8) is 0 Å². The Morgan fingerprint density at radius 2 is 1.81 bits per heavy atom. The molecule has 1 aromatic heterocycles. The summed E-state index contributed by atoms with van der Waals surface area (Å²) in [6.45, 7) is 6.65. The van der Waals surface area contributed by atoms with Crippen molar-refractivity contribution < 1.29 is 0 Å². The maximum Gasteiger partial charge on any atom is 0.191 e. The van der Waals surface area contributed by atoms with Crippen LogP contribution in [0.25, 0.3) is 11.4 Å². The van der Waals surface area contributed by atoms with Crippen LogP contribution in [0, 0.1) is 0 Å². The lowest BCUT2D eigenvalue weighted by atomic mass is 9.87. The van der Waals surface area contributed by atoms with E-state index in [9.17, 15) is 0 Å². The minimum Gasteiger partial charge on any atom is -0.305 e. The molecule has 2 aromatic rings. The van der Waals surface area contributed by atoms with Crippen LogP contribution in [0.3, 0.4) is 0 Å². The van der Waals surface area contributed by atoms with Crippen LogP contribution < -0.4 is 0 Å². The fourth-order valence-corrected chi connectivity index (χ4v) is 3.17. The van der Waals surface area contributed by atoms with Gasteiger partial charge in [-0.2, -0.15) is 0 Å². The highest BCUT2D eigenvalue weighted by molar-refractivity contribution is 7.99. The van der Waals surface area contributed by atoms with Gasteiger partial charge in [0.2, 0.25) is 0 Å². The summed E-state index contributed by atoms with van der Waals surface area (Å²) in [6, 6.07) is 8.59. The fourth-order valence-electron chi connectivity index (χ4n) is 2.03. The first-order valence-corrected chi connectivity index (χ1v) is 8.64. The van der Waals surface area contributed by atoms with Gasteiger partial charge in [-0.15, -0.1) is 21.8 Å². The highest BCUT2D eigenvalue weighted by atomic mass is 35.5. The van der Waals surface area contributed by atoms with Crippen molar-refractivity contribution in [2.45, 2.75) is 37.8 Å². The van der Waals surface area contributed by atoms with Gasteiger partial charge >= 0.3 is 0 Å². The Bertz CT molecular complexity index is 585. The second-order valence-electron chi connectivity index (χ2n) is 6.08. The molecule has 21 heavy (non-hydrogen) atoms. The largest absolute Gasteiger partial charge is 0.305 e. The zero-order valence-corrected chi connectivity index (χ0v) is 14.6. The first kappa shape index (κ1) is 16.4. The summed E-state index contributed by atoms with van der Waals surface area (Å²) < 4.78 is 2.05. The molecule has 0 fully saturated rings. The number of rotatable bonds is 5. The zero-order valence-electron chi connectivity index (χ0n) is 13.1. The molecule has 0 amide bonds. The Labute approximate surface area is 136 Å². The van der Waals surface area contributed by atoms with E-state index in [0.717, 1.165) is 28.7 Å². The maximum absolute atomic E-state index is 5.70. The molecule has 1 aromatic carbocycles. The van der Waals surface area contributed by atoms with Crippen molar-refractivity contribution in [1.29, 1.82) is 0 Å². The number of hydrogen-bond donors (Lipinski definition) is 0. The lowest BCUT2D eigenvalue weighted by molar-refractivity contribution is 0.590. The summed E-state index contributed by atoms with van der Waals surface area (Å²) in [5.74, 6) is 2.56. The molecule has 3 nitrogen and oxygen atoms in total. The Morgan fingerprint density at radius 3 is 2.38 bits per heavy atom. The number of thioether (sulfide) groups is 1. The lowest BCUT2D eigenvalue weighted by Crippen LogP contribution is -2.10. The third-order valence-electron chi connectivity index (χ3n) is 3.35. The summed E-state index contributed by atoms with van der Waals surface area (Å²) in [7, 11) is 2.01. The van der Waals surface area contributed by atoms with Gasteiger partial charge in [0.25, 0.3) is 0 Å². The first-order chi connectivity index (χ1) is 9.93. The molecule has 0 aliphatic rings. The van der Waals surface area contributed by atoms with Crippen molar-refractivity contribution in [2.75, 3.05) is 11.6 Å². The number of hydrogen-bond acceptors (Lipinski definition) is 3. The smallest absolute Gasteiger partial charge is 0.191 e. The number of nitrogens with zero attached hydrogens (tertiary/aromatic N) is 3. The van der Waals surface area contributed by atoms with E-state index in [1.807, 2.05) is 11.6 Å². The quantitative estimate of drug-likeness (QED) is 0.461. The molecule has 0 bridgehead atoms. The van der Waals surface area contributed by atoms with E-state index in [1.165, 1.54) is 5.56 Å². The van der Waals surface area contributed by atoms with E-state index in [-0.39, 0.29) is 5.41 Å². The van der Waals surface area contributed by atoms with Gasteiger partial charge in [-0.3, -0.25) is 0 Å². The molecule has 0 aliphatic carbocycles. The molecule has 0 unspecified atom stereocenters. The van der Waals surface area contributed by atoms with Gasteiger partial charge in [0.1, 0.15) is 0 Å². The maximum atomic E-state index is 5.70. The molecular formula is C16H22ClN3S. The van der Waals surface area contributed by atoms with Crippen LogP contribution in [-0.4, -0.2) is 26.4 Å². The molecule has 0 spiro atoms. The summed E-state index contributed by atoms with van der Waals surface area (Å²) in [6.07, 6.45) is 0.981. The Kier molecular flexibility index (Phi) is 5.33. The fraction of sp³-hybridized carbons (Fsp3) is 0.500. The number of aromatic nitrogens is 3. The highest BCUT2D eigenvalue weighted by Gasteiger charge is 2.15. The molecule has 0 atom stereocenters.